The minimum absolute atomic E-state index is 0.120. The molecule has 12 nitrogen and oxygen atoms in total. The predicted molar refractivity (Wildman–Crippen MR) is 153 cm³/mol. The van der Waals surface area contributed by atoms with Crippen molar-refractivity contribution >= 4 is 5.91 Å². The highest BCUT2D eigenvalue weighted by Gasteiger charge is 2.45. The summed E-state index contributed by atoms with van der Waals surface area (Å²) in [6.07, 6.45) is -7.05. The van der Waals surface area contributed by atoms with E-state index in [9.17, 15) is 25.2 Å². The van der Waals surface area contributed by atoms with Crippen LogP contribution in [-0.2, 0) is 11.2 Å². The van der Waals surface area contributed by atoms with Crippen LogP contribution in [0.25, 0.3) is 11.3 Å². The minimum Gasteiger partial charge on any atom is -0.497 e. The zero-order valence-corrected chi connectivity index (χ0v) is 24.6. The summed E-state index contributed by atoms with van der Waals surface area (Å²) in [5.74, 6) is 1.18. The fourth-order valence-electron chi connectivity index (χ4n) is 4.87. The first-order valence-electron chi connectivity index (χ1n) is 13.6. The molecule has 1 aliphatic rings. The third-order valence-corrected chi connectivity index (χ3v) is 7.21. The molecule has 228 valence electrons. The molecule has 2 heterocycles. The molecule has 1 aromatic heterocycles. The summed E-state index contributed by atoms with van der Waals surface area (Å²) >= 11 is 0. The van der Waals surface area contributed by atoms with Gasteiger partial charge in [0.15, 0.2) is 0 Å². The maximum absolute atomic E-state index is 12.5. The quantitative estimate of drug-likeness (QED) is 0.276. The van der Waals surface area contributed by atoms with Gasteiger partial charge >= 0.3 is 0 Å². The second-order valence-electron chi connectivity index (χ2n) is 10.6. The molecule has 0 bridgehead atoms. The Balaban J connectivity index is 1.85. The molecule has 1 amide bonds. The van der Waals surface area contributed by atoms with Crippen LogP contribution >= 0.6 is 0 Å². The predicted octanol–water partition coefficient (Wildman–Crippen LogP) is 1.62. The van der Waals surface area contributed by atoms with Gasteiger partial charge < -0.3 is 44.3 Å². The maximum Gasteiger partial charge on any atom is 0.253 e. The van der Waals surface area contributed by atoms with E-state index in [0.717, 1.165) is 11.1 Å². The summed E-state index contributed by atoms with van der Waals surface area (Å²) in [5.41, 5.74) is 3.40. The molecule has 0 aliphatic carbocycles. The summed E-state index contributed by atoms with van der Waals surface area (Å²) in [4.78, 5) is 14.0. The van der Waals surface area contributed by atoms with E-state index in [1.165, 1.54) is 4.90 Å². The van der Waals surface area contributed by atoms with Crippen molar-refractivity contribution in [3.05, 3.63) is 59.2 Å². The van der Waals surface area contributed by atoms with Gasteiger partial charge in [0.05, 0.1) is 26.5 Å². The van der Waals surface area contributed by atoms with Crippen LogP contribution in [0.3, 0.4) is 0 Å². The van der Waals surface area contributed by atoms with E-state index in [0.29, 0.717) is 28.3 Å². The van der Waals surface area contributed by atoms with Crippen LogP contribution in [0.1, 0.15) is 41.4 Å². The van der Waals surface area contributed by atoms with Gasteiger partial charge in [0.1, 0.15) is 35.9 Å². The molecule has 5 atom stereocenters. The Labute approximate surface area is 244 Å². The van der Waals surface area contributed by atoms with Gasteiger partial charge in [0.2, 0.25) is 12.2 Å². The number of amides is 1. The molecule has 0 saturated carbocycles. The first-order chi connectivity index (χ1) is 20.0. The molecule has 4 rings (SSSR count). The molecule has 42 heavy (non-hydrogen) atoms. The van der Waals surface area contributed by atoms with Crippen molar-refractivity contribution in [2.45, 2.75) is 57.0 Å². The van der Waals surface area contributed by atoms with Crippen molar-refractivity contribution < 1.29 is 44.2 Å². The van der Waals surface area contributed by atoms with E-state index in [-0.39, 0.29) is 24.2 Å². The number of hydrogen-bond donors (Lipinski definition) is 4. The van der Waals surface area contributed by atoms with E-state index < -0.39 is 37.3 Å². The molecular weight excluding hydrogens is 546 g/mol. The Morgan fingerprint density at radius 3 is 2.29 bits per heavy atom. The van der Waals surface area contributed by atoms with E-state index >= 15 is 0 Å². The molecule has 2 aromatic carbocycles. The smallest absolute Gasteiger partial charge is 0.253 e. The lowest BCUT2D eigenvalue weighted by atomic mass is 9.98. The van der Waals surface area contributed by atoms with Crippen molar-refractivity contribution in [3.63, 3.8) is 0 Å². The summed E-state index contributed by atoms with van der Waals surface area (Å²) < 4.78 is 24.5. The zero-order valence-electron chi connectivity index (χ0n) is 24.6. The number of ether oxygens (including phenoxy) is 4. The van der Waals surface area contributed by atoms with Crippen LogP contribution in [0.4, 0.5) is 0 Å². The van der Waals surface area contributed by atoms with Crippen molar-refractivity contribution in [2.75, 3.05) is 34.9 Å². The van der Waals surface area contributed by atoms with Crippen LogP contribution in [0.5, 0.6) is 17.4 Å². The lowest BCUT2D eigenvalue weighted by Crippen LogP contribution is -2.60. The molecule has 0 spiro atoms. The number of aromatic nitrogens is 2. The van der Waals surface area contributed by atoms with Crippen LogP contribution in [-0.4, -0.2) is 107 Å². The Kier molecular flexibility index (Phi) is 9.74. The maximum atomic E-state index is 12.5. The Bertz CT molecular complexity index is 1370. The van der Waals surface area contributed by atoms with Crippen molar-refractivity contribution in [3.8, 4) is 28.6 Å². The largest absolute Gasteiger partial charge is 0.497 e. The average Bonchev–Trinajstić information content (AvgIpc) is 3.34. The molecule has 4 N–H and O–H groups in total. The number of methoxy groups -OCH3 is 2. The van der Waals surface area contributed by atoms with E-state index in [2.05, 4.69) is 0 Å². The Morgan fingerprint density at radius 1 is 1.02 bits per heavy atom. The van der Waals surface area contributed by atoms with Gasteiger partial charge in [-0.15, -0.1) is 5.10 Å². The van der Waals surface area contributed by atoms with Gasteiger partial charge in [-0.25, -0.2) is 0 Å². The molecular formula is C30H39N3O9. The van der Waals surface area contributed by atoms with Gasteiger partial charge in [-0.1, -0.05) is 18.2 Å². The van der Waals surface area contributed by atoms with Crippen molar-refractivity contribution in [1.82, 2.24) is 14.7 Å². The standard InChI is InChI=1S/C30H39N3O9/c1-16(2)33-24(17-7-9-18(10-8-17)29(38)32(3)4)21(13-19-11-12-20(39-5)14-22(19)40-6)28(31-33)42-30-27(37)26(36)25(35)23(15-34)41-30/h7-12,14,16,23,25-27,30,34-37H,13,15H2,1-6H3/t23-,25-,26+,27-,30+/m1/s1. The van der Waals surface area contributed by atoms with Crippen LogP contribution in [0.15, 0.2) is 42.5 Å². The summed E-state index contributed by atoms with van der Waals surface area (Å²) in [7, 11) is 6.50. The summed E-state index contributed by atoms with van der Waals surface area (Å²) in [6.45, 7) is 3.32. The van der Waals surface area contributed by atoms with Gasteiger partial charge in [-0.3, -0.25) is 9.48 Å². The number of carbonyl (C=O) groups is 1. The third kappa shape index (κ3) is 6.22. The van der Waals surface area contributed by atoms with Gasteiger partial charge in [0, 0.05) is 49.3 Å². The van der Waals surface area contributed by atoms with Crippen LogP contribution in [0.2, 0.25) is 0 Å². The highest BCUT2D eigenvalue weighted by Crippen LogP contribution is 2.38. The Morgan fingerprint density at radius 2 is 1.71 bits per heavy atom. The SMILES string of the molecule is COc1ccc(Cc2c(O[C@@H]3O[C@H](CO)[C@@H](O)[C@H](O)[C@H]3O)nn(C(C)C)c2-c2ccc(C(=O)N(C)C)cc2)c(OC)c1. The third-order valence-electron chi connectivity index (χ3n) is 7.21. The second kappa shape index (κ2) is 13.1. The fraction of sp³-hybridized carbons (Fsp3) is 0.467. The van der Waals surface area contributed by atoms with Crippen LogP contribution in [0, 0.1) is 0 Å². The molecule has 12 heteroatoms. The van der Waals surface area contributed by atoms with E-state index in [1.807, 2.05) is 38.1 Å². The lowest BCUT2D eigenvalue weighted by molar-refractivity contribution is -0.278. The van der Waals surface area contributed by atoms with Crippen LogP contribution < -0.4 is 14.2 Å². The van der Waals surface area contributed by atoms with E-state index in [4.69, 9.17) is 24.0 Å². The first kappa shape index (κ1) is 31.3. The van der Waals surface area contributed by atoms with Gasteiger partial charge in [-0.2, -0.15) is 0 Å². The number of nitrogens with zero attached hydrogens (tertiary/aromatic N) is 3. The van der Waals surface area contributed by atoms with Gasteiger partial charge in [-0.05, 0) is 37.6 Å². The van der Waals surface area contributed by atoms with Crippen molar-refractivity contribution in [2.24, 2.45) is 0 Å². The fourth-order valence-corrected chi connectivity index (χ4v) is 4.87. The molecule has 0 radical (unpaired) electrons. The number of carbonyl (C=O) groups excluding carboxylic acids is 1. The minimum atomic E-state index is -1.62. The summed E-state index contributed by atoms with van der Waals surface area (Å²) in [6, 6.07) is 12.5. The Hall–Kier alpha value is -3.68. The monoisotopic (exact) mass is 585 g/mol. The van der Waals surface area contributed by atoms with Crippen molar-refractivity contribution in [1.29, 1.82) is 0 Å². The average molecular weight is 586 g/mol. The molecule has 1 aliphatic heterocycles. The topological polar surface area (TPSA) is 156 Å². The molecule has 1 fully saturated rings. The highest BCUT2D eigenvalue weighted by molar-refractivity contribution is 5.94. The number of benzene rings is 2. The zero-order chi connectivity index (χ0) is 30.7. The molecule has 3 aromatic rings. The molecule has 1 saturated heterocycles. The number of aliphatic hydroxyl groups excluding tert-OH is 4. The lowest BCUT2D eigenvalue weighted by Gasteiger charge is -2.39. The number of rotatable bonds is 10. The first-order valence-corrected chi connectivity index (χ1v) is 13.6. The highest BCUT2D eigenvalue weighted by atomic mass is 16.7. The number of hydrogen-bond acceptors (Lipinski definition) is 10. The second-order valence-corrected chi connectivity index (χ2v) is 10.6. The van der Waals surface area contributed by atoms with E-state index in [1.54, 1.807) is 51.2 Å². The summed E-state index contributed by atoms with van der Waals surface area (Å²) in [5, 5.41) is 45.7. The normalized spacial score (nSPS) is 22.2. The van der Waals surface area contributed by atoms with Gasteiger partial charge in [0.25, 0.3) is 5.91 Å². The molecule has 0 unspecified atom stereocenters. The number of aliphatic hydroxyl groups is 4.